The molecule has 0 aromatic heterocycles. The van der Waals surface area contributed by atoms with Crippen molar-refractivity contribution in [3.05, 3.63) is 58.6 Å². The zero-order chi connectivity index (χ0) is 20.7. The van der Waals surface area contributed by atoms with Gasteiger partial charge in [-0.3, -0.25) is 19.4 Å². The summed E-state index contributed by atoms with van der Waals surface area (Å²) in [6, 6.07) is 10.3. The molecular formula is C20H18ClN5O3. The van der Waals surface area contributed by atoms with E-state index in [1.807, 2.05) is 32.0 Å². The van der Waals surface area contributed by atoms with Crippen molar-refractivity contribution in [2.45, 2.75) is 25.9 Å². The van der Waals surface area contributed by atoms with Gasteiger partial charge in [0.15, 0.2) is 12.1 Å². The Morgan fingerprint density at radius 3 is 2.52 bits per heavy atom. The maximum Gasteiger partial charge on any atom is 0.263 e. The number of carbonyl (C=O) groups excluding carboxylic acids is 3. The molecule has 2 aliphatic heterocycles. The first kappa shape index (κ1) is 19.1. The molecule has 1 fully saturated rings. The largest absolute Gasteiger partial charge is 0.324 e. The summed E-state index contributed by atoms with van der Waals surface area (Å²) in [4.78, 5) is 39.1. The van der Waals surface area contributed by atoms with E-state index in [4.69, 9.17) is 11.6 Å². The van der Waals surface area contributed by atoms with Crippen molar-refractivity contribution in [2.24, 2.45) is 10.3 Å². The third kappa shape index (κ3) is 3.58. The van der Waals surface area contributed by atoms with Crippen LogP contribution in [0.3, 0.4) is 0 Å². The molecule has 2 unspecified atom stereocenters. The number of nitrogens with one attached hydrogen (secondary N) is 1. The molecule has 2 aromatic carbocycles. The zero-order valence-corrected chi connectivity index (χ0v) is 16.6. The molecule has 0 radical (unpaired) electrons. The Morgan fingerprint density at radius 2 is 1.83 bits per heavy atom. The van der Waals surface area contributed by atoms with Crippen LogP contribution in [0, 0.1) is 13.8 Å². The Balaban J connectivity index is 1.49. The van der Waals surface area contributed by atoms with E-state index < -0.39 is 23.9 Å². The van der Waals surface area contributed by atoms with Crippen molar-refractivity contribution in [2.75, 3.05) is 16.8 Å². The number of hydrogen-bond donors (Lipinski definition) is 1. The van der Waals surface area contributed by atoms with E-state index in [0.717, 1.165) is 16.0 Å². The molecule has 0 aliphatic carbocycles. The second-order valence-electron chi connectivity index (χ2n) is 7.11. The summed E-state index contributed by atoms with van der Waals surface area (Å²) >= 11 is 5.98. The average Bonchev–Trinajstić information content (AvgIpc) is 3.14. The van der Waals surface area contributed by atoms with E-state index in [-0.39, 0.29) is 12.5 Å². The van der Waals surface area contributed by atoms with E-state index in [0.29, 0.717) is 16.4 Å². The first-order chi connectivity index (χ1) is 13.8. The molecule has 1 saturated heterocycles. The SMILES string of the molecule is Cc1cc(C)cc(NC(=O)CN2N=NC3C(=O)N(c4cccc(Cl)c4)C(=O)C32)c1. The average molecular weight is 412 g/mol. The number of fused-ring (bicyclic) bond motifs is 1. The third-order valence-corrected chi connectivity index (χ3v) is 4.97. The maximum atomic E-state index is 12.9. The summed E-state index contributed by atoms with van der Waals surface area (Å²) in [6.07, 6.45) is 0. The van der Waals surface area contributed by atoms with Crippen LogP contribution in [0.2, 0.25) is 5.02 Å². The molecular weight excluding hydrogens is 394 g/mol. The van der Waals surface area contributed by atoms with Gasteiger partial charge in [-0.2, -0.15) is 5.11 Å². The first-order valence-electron chi connectivity index (χ1n) is 9.02. The number of carbonyl (C=O) groups is 3. The number of imide groups is 1. The molecule has 29 heavy (non-hydrogen) atoms. The van der Waals surface area contributed by atoms with E-state index in [1.165, 1.54) is 11.1 Å². The molecule has 148 valence electrons. The fraction of sp³-hybridized carbons (Fsp3) is 0.250. The van der Waals surface area contributed by atoms with Gasteiger partial charge in [0.1, 0.15) is 6.54 Å². The van der Waals surface area contributed by atoms with Gasteiger partial charge < -0.3 is 5.32 Å². The van der Waals surface area contributed by atoms with Crippen LogP contribution >= 0.6 is 11.6 Å². The second kappa shape index (κ2) is 7.29. The van der Waals surface area contributed by atoms with E-state index in [1.54, 1.807) is 18.2 Å². The molecule has 3 amide bonds. The molecule has 2 atom stereocenters. The summed E-state index contributed by atoms with van der Waals surface area (Å²) in [6.45, 7) is 3.68. The molecule has 9 heteroatoms. The Labute approximate surface area is 172 Å². The van der Waals surface area contributed by atoms with Crippen LogP contribution in [-0.2, 0) is 14.4 Å². The summed E-state index contributed by atoms with van der Waals surface area (Å²) in [7, 11) is 0. The lowest BCUT2D eigenvalue weighted by Crippen LogP contribution is -2.43. The predicted octanol–water partition coefficient (Wildman–Crippen LogP) is 2.89. The maximum absolute atomic E-state index is 12.9. The highest BCUT2D eigenvalue weighted by Gasteiger charge is 2.55. The molecule has 2 aromatic rings. The second-order valence-corrected chi connectivity index (χ2v) is 7.54. The number of amides is 3. The molecule has 0 bridgehead atoms. The van der Waals surface area contributed by atoms with Crippen molar-refractivity contribution in [1.82, 2.24) is 5.01 Å². The van der Waals surface area contributed by atoms with Crippen LogP contribution in [0.25, 0.3) is 0 Å². The quantitative estimate of drug-likeness (QED) is 0.782. The van der Waals surface area contributed by atoms with Gasteiger partial charge in [-0.1, -0.05) is 29.0 Å². The van der Waals surface area contributed by atoms with E-state index in [9.17, 15) is 14.4 Å². The van der Waals surface area contributed by atoms with Gasteiger partial charge in [0, 0.05) is 10.7 Å². The fourth-order valence-corrected chi connectivity index (χ4v) is 3.80. The van der Waals surface area contributed by atoms with Crippen LogP contribution in [0.1, 0.15) is 11.1 Å². The molecule has 2 aliphatic rings. The van der Waals surface area contributed by atoms with Gasteiger partial charge in [0.2, 0.25) is 5.91 Å². The van der Waals surface area contributed by atoms with Gasteiger partial charge in [-0.15, -0.1) is 0 Å². The summed E-state index contributed by atoms with van der Waals surface area (Å²) < 4.78 is 0. The summed E-state index contributed by atoms with van der Waals surface area (Å²) in [5.41, 5.74) is 3.08. The Kier molecular flexibility index (Phi) is 4.79. The molecule has 1 N–H and O–H groups in total. The zero-order valence-electron chi connectivity index (χ0n) is 15.8. The van der Waals surface area contributed by atoms with Crippen molar-refractivity contribution in [3.63, 3.8) is 0 Å². The number of rotatable bonds is 4. The first-order valence-corrected chi connectivity index (χ1v) is 9.40. The highest BCUT2D eigenvalue weighted by molar-refractivity contribution is 6.31. The van der Waals surface area contributed by atoms with Crippen molar-refractivity contribution < 1.29 is 14.4 Å². The standard InChI is InChI=1S/C20H18ClN5O3/c1-11-6-12(2)8-14(7-11)22-16(27)10-25-18-17(23-24-25)19(28)26(20(18)29)15-5-3-4-13(21)9-15/h3-9,17-18H,10H2,1-2H3,(H,22,27). The van der Waals surface area contributed by atoms with Crippen LogP contribution in [0.4, 0.5) is 11.4 Å². The normalized spacial score (nSPS) is 20.4. The molecule has 8 nitrogen and oxygen atoms in total. The molecule has 2 heterocycles. The Bertz CT molecular complexity index is 1030. The Morgan fingerprint density at radius 1 is 1.10 bits per heavy atom. The minimum atomic E-state index is -0.963. The van der Waals surface area contributed by atoms with Gasteiger partial charge in [-0.05, 0) is 55.3 Å². The molecule has 4 rings (SSSR count). The van der Waals surface area contributed by atoms with E-state index >= 15 is 0 Å². The molecule has 0 spiro atoms. The minimum Gasteiger partial charge on any atom is -0.324 e. The number of halogens is 1. The number of nitrogens with zero attached hydrogens (tertiary/aromatic N) is 4. The number of hydrogen-bond acceptors (Lipinski definition) is 6. The van der Waals surface area contributed by atoms with Crippen LogP contribution in [0.15, 0.2) is 52.8 Å². The van der Waals surface area contributed by atoms with Crippen molar-refractivity contribution in [1.29, 1.82) is 0 Å². The van der Waals surface area contributed by atoms with Gasteiger partial charge >= 0.3 is 0 Å². The topological polar surface area (TPSA) is 94.4 Å². The number of benzene rings is 2. The lowest BCUT2D eigenvalue weighted by molar-refractivity contribution is -0.123. The highest BCUT2D eigenvalue weighted by atomic mass is 35.5. The fourth-order valence-electron chi connectivity index (χ4n) is 3.62. The molecule has 0 saturated carbocycles. The van der Waals surface area contributed by atoms with Crippen LogP contribution in [-0.4, -0.2) is 41.4 Å². The van der Waals surface area contributed by atoms with E-state index in [2.05, 4.69) is 15.7 Å². The van der Waals surface area contributed by atoms with Crippen molar-refractivity contribution in [3.8, 4) is 0 Å². The van der Waals surface area contributed by atoms with Crippen LogP contribution < -0.4 is 10.2 Å². The predicted molar refractivity (Wildman–Crippen MR) is 108 cm³/mol. The summed E-state index contributed by atoms with van der Waals surface area (Å²) in [5, 5.41) is 12.3. The summed E-state index contributed by atoms with van der Waals surface area (Å²) in [5.74, 6) is -1.31. The minimum absolute atomic E-state index is 0.194. The number of anilines is 2. The lowest BCUT2D eigenvalue weighted by atomic mass is 10.1. The monoisotopic (exact) mass is 411 g/mol. The smallest absolute Gasteiger partial charge is 0.263 e. The number of aryl methyl sites for hydroxylation is 2. The van der Waals surface area contributed by atoms with Gasteiger partial charge in [0.25, 0.3) is 11.8 Å². The van der Waals surface area contributed by atoms with Crippen LogP contribution in [0.5, 0.6) is 0 Å². The Hall–Kier alpha value is -3.26. The third-order valence-electron chi connectivity index (χ3n) is 4.74. The van der Waals surface area contributed by atoms with Crippen molar-refractivity contribution >= 4 is 40.7 Å². The highest BCUT2D eigenvalue weighted by Crippen LogP contribution is 2.32. The van der Waals surface area contributed by atoms with Gasteiger partial charge in [-0.25, -0.2) is 4.90 Å². The lowest BCUT2D eigenvalue weighted by Gasteiger charge is -2.20. The van der Waals surface area contributed by atoms with Gasteiger partial charge in [0.05, 0.1) is 5.69 Å².